The molecule has 6 nitrogen and oxygen atoms in total. The predicted octanol–water partition coefficient (Wildman–Crippen LogP) is 2.27. The molecule has 0 fully saturated rings. The van der Waals surface area contributed by atoms with E-state index in [1.54, 1.807) is 13.2 Å². The fourth-order valence-corrected chi connectivity index (χ4v) is 2.93. The molecule has 0 heterocycles. The van der Waals surface area contributed by atoms with Crippen molar-refractivity contribution < 1.29 is 22.7 Å². The first-order chi connectivity index (χ1) is 11.4. The number of rotatable bonds is 6. The summed E-state index contributed by atoms with van der Waals surface area (Å²) in [6.45, 7) is 1.96. The first-order valence-electron chi connectivity index (χ1n) is 7.21. The Morgan fingerprint density at radius 3 is 2.58 bits per heavy atom. The molecule has 2 aromatic rings. The number of sulfonamides is 1. The van der Waals surface area contributed by atoms with Gasteiger partial charge in [-0.2, -0.15) is 0 Å². The third-order valence-electron chi connectivity index (χ3n) is 3.44. The van der Waals surface area contributed by atoms with Crippen LogP contribution in [0.3, 0.4) is 0 Å². The second kappa shape index (κ2) is 7.46. The molecule has 0 unspecified atom stereocenters. The van der Waals surface area contributed by atoms with Crippen LogP contribution in [0.15, 0.2) is 47.4 Å². The molecule has 0 aliphatic carbocycles. The molecular weight excluding hydrogens is 330 g/mol. The largest absolute Gasteiger partial charge is 0.496 e. The Morgan fingerprint density at radius 1 is 1.17 bits per heavy atom. The molecule has 0 bridgehead atoms. The average molecular weight is 349 g/mol. The van der Waals surface area contributed by atoms with Gasteiger partial charge in [-0.15, -0.1) is 0 Å². The highest BCUT2D eigenvalue weighted by Crippen LogP contribution is 2.21. The SMILES string of the molecule is CNS(=O)(=O)c1cccc(C(=O)OCc2cc(C)ccc2OC)c1. The maximum Gasteiger partial charge on any atom is 0.338 e. The van der Waals surface area contributed by atoms with Gasteiger partial charge in [0, 0.05) is 5.56 Å². The lowest BCUT2D eigenvalue weighted by atomic mass is 10.1. The Morgan fingerprint density at radius 2 is 1.92 bits per heavy atom. The number of ether oxygens (including phenoxy) is 2. The third-order valence-corrected chi connectivity index (χ3v) is 4.86. The number of methoxy groups -OCH3 is 1. The van der Waals surface area contributed by atoms with Crippen molar-refractivity contribution in [3.8, 4) is 5.75 Å². The van der Waals surface area contributed by atoms with Crippen molar-refractivity contribution in [2.24, 2.45) is 0 Å². The quantitative estimate of drug-likeness (QED) is 0.809. The molecule has 2 rings (SSSR count). The fourth-order valence-electron chi connectivity index (χ4n) is 2.15. The second-order valence-corrected chi connectivity index (χ2v) is 7.01. The summed E-state index contributed by atoms with van der Waals surface area (Å²) in [6.07, 6.45) is 0. The van der Waals surface area contributed by atoms with Crippen molar-refractivity contribution >= 4 is 16.0 Å². The van der Waals surface area contributed by atoms with Gasteiger partial charge in [0.2, 0.25) is 10.0 Å². The molecular formula is C17H19NO5S. The van der Waals surface area contributed by atoms with Gasteiger partial charge < -0.3 is 9.47 Å². The molecule has 0 aliphatic rings. The fraction of sp³-hybridized carbons (Fsp3) is 0.235. The van der Waals surface area contributed by atoms with E-state index in [4.69, 9.17) is 9.47 Å². The van der Waals surface area contributed by atoms with E-state index in [0.29, 0.717) is 5.75 Å². The van der Waals surface area contributed by atoms with E-state index in [-0.39, 0.29) is 17.1 Å². The van der Waals surface area contributed by atoms with Gasteiger partial charge in [-0.25, -0.2) is 17.9 Å². The van der Waals surface area contributed by atoms with Crippen LogP contribution in [-0.4, -0.2) is 28.5 Å². The summed E-state index contributed by atoms with van der Waals surface area (Å²) in [5, 5.41) is 0. The summed E-state index contributed by atoms with van der Waals surface area (Å²) in [5.74, 6) is 0.0200. The van der Waals surface area contributed by atoms with Crippen LogP contribution in [0.4, 0.5) is 0 Å². The Balaban J connectivity index is 2.17. The zero-order valence-electron chi connectivity index (χ0n) is 13.7. The van der Waals surface area contributed by atoms with E-state index in [1.807, 2.05) is 19.1 Å². The summed E-state index contributed by atoms with van der Waals surface area (Å²) in [4.78, 5) is 12.2. The number of carbonyl (C=O) groups is 1. The molecule has 0 radical (unpaired) electrons. The Kier molecular flexibility index (Phi) is 5.58. The number of hydrogen-bond donors (Lipinski definition) is 1. The maximum absolute atomic E-state index is 12.2. The van der Waals surface area contributed by atoms with Crippen LogP contribution in [0.1, 0.15) is 21.5 Å². The first kappa shape index (κ1) is 18.0. The van der Waals surface area contributed by atoms with Crippen LogP contribution in [0.2, 0.25) is 0 Å². The standard InChI is InChI=1S/C17H19NO5S/c1-12-7-8-16(22-3)14(9-12)11-23-17(19)13-5-4-6-15(10-13)24(20,21)18-2/h4-10,18H,11H2,1-3H3. The van der Waals surface area contributed by atoms with Gasteiger partial charge in [-0.1, -0.05) is 17.7 Å². The van der Waals surface area contributed by atoms with Crippen molar-refractivity contribution in [2.75, 3.05) is 14.2 Å². The lowest BCUT2D eigenvalue weighted by molar-refractivity contribution is 0.0470. The van der Waals surface area contributed by atoms with Gasteiger partial charge in [0.05, 0.1) is 17.6 Å². The first-order valence-corrected chi connectivity index (χ1v) is 8.70. The molecule has 0 atom stereocenters. The van der Waals surface area contributed by atoms with Gasteiger partial charge >= 0.3 is 5.97 Å². The Bertz CT molecular complexity index is 846. The second-order valence-electron chi connectivity index (χ2n) is 5.13. The zero-order chi connectivity index (χ0) is 17.7. The Labute approximate surface area is 141 Å². The zero-order valence-corrected chi connectivity index (χ0v) is 14.5. The van der Waals surface area contributed by atoms with Crippen LogP contribution in [0.5, 0.6) is 5.75 Å². The number of benzene rings is 2. The number of carbonyl (C=O) groups excluding carboxylic acids is 1. The van der Waals surface area contributed by atoms with E-state index in [1.165, 1.54) is 31.3 Å². The molecule has 0 aromatic heterocycles. The lowest BCUT2D eigenvalue weighted by Gasteiger charge is -2.11. The molecule has 2 aromatic carbocycles. The normalized spacial score (nSPS) is 11.1. The number of esters is 1. The predicted molar refractivity (Wildman–Crippen MR) is 89.5 cm³/mol. The van der Waals surface area contributed by atoms with E-state index in [2.05, 4.69) is 4.72 Å². The van der Waals surface area contributed by atoms with Crippen LogP contribution in [0, 0.1) is 6.92 Å². The minimum atomic E-state index is -3.62. The molecule has 128 valence electrons. The smallest absolute Gasteiger partial charge is 0.338 e. The van der Waals surface area contributed by atoms with Gasteiger partial charge in [0.25, 0.3) is 0 Å². The minimum absolute atomic E-state index is 0.00702. The molecule has 7 heteroatoms. The van der Waals surface area contributed by atoms with Crippen molar-refractivity contribution in [1.82, 2.24) is 4.72 Å². The summed E-state index contributed by atoms with van der Waals surface area (Å²) >= 11 is 0. The number of hydrogen-bond acceptors (Lipinski definition) is 5. The summed E-state index contributed by atoms with van der Waals surface area (Å²) in [7, 11) is -0.762. The topological polar surface area (TPSA) is 81.7 Å². The minimum Gasteiger partial charge on any atom is -0.496 e. The number of nitrogens with one attached hydrogen (secondary N) is 1. The highest BCUT2D eigenvalue weighted by molar-refractivity contribution is 7.89. The highest BCUT2D eigenvalue weighted by Gasteiger charge is 2.15. The lowest BCUT2D eigenvalue weighted by Crippen LogP contribution is -2.19. The summed E-state index contributed by atoms with van der Waals surface area (Å²) < 4.78 is 36.3. The molecule has 0 amide bonds. The monoisotopic (exact) mass is 349 g/mol. The molecule has 0 aliphatic heterocycles. The van der Waals surface area contributed by atoms with Crippen molar-refractivity contribution in [3.05, 3.63) is 59.2 Å². The van der Waals surface area contributed by atoms with E-state index in [9.17, 15) is 13.2 Å². The van der Waals surface area contributed by atoms with Crippen LogP contribution in [0.25, 0.3) is 0 Å². The third kappa shape index (κ3) is 4.12. The van der Waals surface area contributed by atoms with Crippen molar-refractivity contribution in [3.63, 3.8) is 0 Å². The van der Waals surface area contributed by atoms with Crippen molar-refractivity contribution in [2.45, 2.75) is 18.4 Å². The summed E-state index contributed by atoms with van der Waals surface area (Å²) in [6, 6.07) is 11.3. The van der Waals surface area contributed by atoms with Crippen LogP contribution < -0.4 is 9.46 Å². The maximum atomic E-state index is 12.2. The van der Waals surface area contributed by atoms with E-state index >= 15 is 0 Å². The number of aryl methyl sites for hydroxylation is 1. The van der Waals surface area contributed by atoms with Gasteiger partial charge in [-0.05, 0) is 44.3 Å². The van der Waals surface area contributed by atoms with Crippen LogP contribution >= 0.6 is 0 Å². The van der Waals surface area contributed by atoms with Crippen molar-refractivity contribution in [1.29, 1.82) is 0 Å². The van der Waals surface area contributed by atoms with E-state index < -0.39 is 16.0 Å². The summed E-state index contributed by atoms with van der Waals surface area (Å²) in [5.41, 5.74) is 1.92. The average Bonchev–Trinajstić information content (AvgIpc) is 2.59. The van der Waals surface area contributed by atoms with E-state index in [0.717, 1.165) is 11.1 Å². The van der Waals surface area contributed by atoms with Crippen LogP contribution in [-0.2, 0) is 21.4 Å². The van der Waals surface area contributed by atoms with Gasteiger partial charge in [0.15, 0.2) is 0 Å². The van der Waals surface area contributed by atoms with Gasteiger partial charge in [-0.3, -0.25) is 0 Å². The molecule has 0 spiro atoms. The molecule has 1 N–H and O–H groups in total. The molecule has 0 saturated heterocycles. The molecule has 24 heavy (non-hydrogen) atoms. The Hall–Kier alpha value is -2.38. The molecule has 0 saturated carbocycles. The highest BCUT2D eigenvalue weighted by atomic mass is 32.2. The van der Waals surface area contributed by atoms with Gasteiger partial charge in [0.1, 0.15) is 12.4 Å².